The third-order valence-electron chi connectivity index (χ3n) is 6.99. The minimum Gasteiger partial charge on any atom is -0.495 e. The summed E-state index contributed by atoms with van der Waals surface area (Å²) in [5, 5.41) is 8.34. The molecule has 1 fully saturated rings. The maximum Gasteiger partial charge on any atom is 0.406 e. The van der Waals surface area contributed by atoms with Crippen LogP contribution in [-0.4, -0.2) is 85.5 Å². The van der Waals surface area contributed by atoms with Gasteiger partial charge in [0, 0.05) is 31.3 Å². The number of aromatic nitrogens is 2. The standard InChI is InChI=1S/C29H32F4N6O3/c1-17-13-38(3)14-21(30)25(17)37-28(41)20-10-18(11-23-26(20)36-16-39(23)15-29(31,32)33)6-5-9-35-22-12-19(27(40)34-2)7-8-24(22)42-4/h7-8,10-12,16-17,21,25,35H,9,13-15H2,1-4H3,(H,34,40)(H,37,41). The van der Waals surface area contributed by atoms with E-state index in [0.717, 1.165) is 10.9 Å². The summed E-state index contributed by atoms with van der Waals surface area (Å²) in [6.07, 6.45) is -4.81. The molecule has 1 aliphatic heterocycles. The number of likely N-dealkylation sites (tertiary alicyclic amines) is 1. The second-order valence-electron chi connectivity index (χ2n) is 10.2. The molecule has 3 atom stereocenters. The van der Waals surface area contributed by atoms with Crippen molar-refractivity contribution in [3.8, 4) is 17.6 Å². The van der Waals surface area contributed by atoms with Crippen molar-refractivity contribution in [3.63, 3.8) is 0 Å². The first kappa shape index (κ1) is 30.6. The van der Waals surface area contributed by atoms with E-state index in [1.54, 1.807) is 25.2 Å². The van der Waals surface area contributed by atoms with Gasteiger partial charge in [-0.25, -0.2) is 9.37 Å². The Balaban J connectivity index is 1.63. The number of anilines is 1. The van der Waals surface area contributed by atoms with Crippen LogP contribution in [0, 0.1) is 17.8 Å². The molecule has 0 radical (unpaired) electrons. The van der Waals surface area contributed by atoms with Crippen LogP contribution in [0.2, 0.25) is 0 Å². The lowest BCUT2D eigenvalue weighted by atomic mass is 9.92. The number of amides is 2. The van der Waals surface area contributed by atoms with Crippen LogP contribution in [0.3, 0.4) is 0 Å². The summed E-state index contributed by atoms with van der Waals surface area (Å²) in [5.41, 5.74) is 1.33. The Bertz CT molecular complexity index is 1520. The van der Waals surface area contributed by atoms with Crippen LogP contribution >= 0.6 is 0 Å². The summed E-state index contributed by atoms with van der Waals surface area (Å²) in [5.74, 6) is 5.14. The summed E-state index contributed by atoms with van der Waals surface area (Å²) in [6.45, 7) is 1.35. The second-order valence-corrected chi connectivity index (χ2v) is 10.2. The molecule has 224 valence electrons. The highest BCUT2D eigenvalue weighted by molar-refractivity contribution is 6.05. The van der Waals surface area contributed by atoms with Crippen molar-refractivity contribution in [2.75, 3.05) is 46.2 Å². The van der Waals surface area contributed by atoms with Crippen molar-refractivity contribution in [2.45, 2.75) is 31.9 Å². The Morgan fingerprint density at radius 1 is 1.17 bits per heavy atom. The van der Waals surface area contributed by atoms with Crippen LogP contribution in [0.15, 0.2) is 36.7 Å². The van der Waals surface area contributed by atoms with Crippen LogP contribution in [0.5, 0.6) is 5.75 Å². The summed E-state index contributed by atoms with van der Waals surface area (Å²) in [6, 6.07) is 6.95. The number of halogens is 4. The Morgan fingerprint density at radius 3 is 2.60 bits per heavy atom. The number of piperidine rings is 1. The summed E-state index contributed by atoms with van der Waals surface area (Å²) >= 11 is 0. The topological polar surface area (TPSA) is 101 Å². The van der Waals surface area contributed by atoms with Gasteiger partial charge >= 0.3 is 6.18 Å². The molecule has 4 rings (SSSR count). The van der Waals surface area contributed by atoms with Crippen molar-refractivity contribution in [1.29, 1.82) is 0 Å². The fraction of sp³-hybridized carbons (Fsp3) is 0.414. The number of ether oxygens (including phenoxy) is 1. The number of benzene rings is 2. The number of carbonyl (C=O) groups excluding carboxylic acids is 2. The van der Waals surface area contributed by atoms with E-state index >= 15 is 0 Å². The molecule has 2 amide bonds. The number of hydrogen-bond donors (Lipinski definition) is 3. The zero-order valence-corrected chi connectivity index (χ0v) is 23.6. The van der Waals surface area contributed by atoms with Crippen molar-refractivity contribution < 1.29 is 31.9 Å². The molecule has 42 heavy (non-hydrogen) atoms. The molecule has 3 N–H and O–H groups in total. The largest absolute Gasteiger partial charge is 0.495 e. The lowest BCUT2D eigenvalue weighted by molar-refractivity contribution is -0.139. The Hall–Kier alpha value is -4.31. The smallest absolute Gasteiger partial charge is 0.406 e. The first-order valence-electron chi connectivity index (χ1n) is 13.2. The van der Waals surface area contributed by atoms with Crippen LogP contribution in [0.4, 0.5) is 23.2 Å². The van der Waals surface area contributed by atoms with Gasteiger partial charge in [0.25, 0.3) is 11.8 Å². The first-order chi connectivity index (χ1) is 19.9. The maximum absolute atomic E-state index is 14.8. The molecule has 1 aromatic heterocycles. The quantitative estimate of drug-likeness (QED) is 0.289. The second kappa shape index (κ2) is 12.7. The van der Waals surface area contributed by atoms with Crippen molar-refractivity contribution >= 4 is 28.5 Å². The molecule has 0 spiro atoms. The number of nitrogens with zero attached hydrogens (tertiary/aromatic N) is 3. The summed E-state index contributed by atoms with van der Waals surface area (Å²) in [7, 11) is 4.79. The minimum atomic E-state index is -4.52. The van der Waals surface area contributed by atoms with E-state index in [2.05, 4.69) is 32.8 Å². The number of rotatable bonds is 7. The van der Waals surface area contributed by atoms with Crippen LogP contribution in [-0.2, 0) is 6.54 Å². The SMILES string of the molecule is CNC(=O)c1ccc(OC)c(NCC#Cc2cc(C(=O)NC3C(C)CN(C)CC3F)c3ncn(CC(F)(F)F)c3c2)c1. The average molecular weight is 589 g/mol. The third kappa shape index (κ3) is 7.12. The molecule has 2 aromatic carbocycles. The van der Waals surface area contributed by atoms with Crippen LogP contribution in [0.25, 0.3) is 11.0 Å². The predicted octanol–water partition coefficient (Wildman–Crippen LogP) is 3.45. The highest BCUT2D eigenvalue weighted by Gasteiger charge is 2.35. The summed E-state index contributed by atoms with van der Waals surface area (Å²) < 4.78 is 60.9. The zero-order chi connectivity index (χ0) is 30.6. The van der Waals surface area contributed by atoms with E-state index < -0.39 is 30.8 Å². The molecular formula is C29H32F4N6O3. The molecule has 0 aliphatic carbocycles. The molecule has 0 bridgehead atoms. The van der Waals surface area contributed by atoms with E-state index in [4.69, 9.17) is 4.74 Å². The van der Waals surface area contributed by atoms with Gasteiger partial charge in [-0.2, -0.15) is 13.2 Å². The van der Waals surface area contributed by atoms with Crippen molar-refractivity contribution in [1.82, 2.24) is 25.1 Å². The van der Waals surface area contributed by atoms with Gasteiger partial charge in [0.1, 0.15) is 24.0 Å². The van der Waals surface area contributed by atoms with Gasteiger partial charge < -0.3 is 30.2 Å². The van der Waals surface area contributed by atoms with Crippen molar-refractivity contribution in [3.05, 3.63) is 53.3 Å². The Kier molecular flexibility index (Phi) is 9.26. The molecule has 2 heterocycles. The van der Waals surface area contributed by atoms with E-state index in [9.17, 15) is 27.2 Å². The number of hydrogen-bond acceptors (Lipinski definition) is 6. The number of fused-ring (bicyclic) bond motifs is 1. The highest BCUT2D eigenvalue weighted by atomic mass is 19.4. The van der Waals surface area contributed by atoms with E-state index in [-0.39, 0.29) is 47.1 Å². The average Bonchev–Trinajstić information content (AvgIpc) is 3.32. The van der Waals surface area contributed by atoms with Gasteiger partial charge in [0.2, 0.25) is 0 Å². The summed E-state index contributed by atoms with van der Waals surface area (Å²) in [4.78, 5) is 31.3. The van der Waals surface area contributed by atoms with E-state index in [1.165, 1.54) is 26.3 Å². The van der Waals surface area contributed by atoms with Gasteiger partial charge in [-0.05, 0) is 43.3 Å². The molecule has 3 aromatic rings. The van der Waals surface area contributed by atoms with Gasteiger partial charge in [0.05, 0.1) is 42.8 Å². The molecule has 9 nitrogen and oxygen atoms in total. The number of methoxy groups -OCH3 is 1. The van der Waals surface area contributed by atoms with Gasteiger partial charge in [0.15, 0.2) is 0 Å². The van der Waals surface area contributed by atoms with Crippen LogP contribution in [0.1, 0.15) is 33.2 Å². The minimum absolute atomic E-state index is 0.00367. The van der Waals surface area contributed by atoms with E-state index in [1.807, 2.05) is 11.8 Å². The molecule has 3 unspecified atom stereocenters. The zero-order valence-electron chi connectivity index (χ0n) is 23.6. The molecule has 0 saturated carbocycles. The van der Waals surface area contributed by atoms with Gasteiger partial charge in [-0.15, -0.1) is 0 Å². The highest BCUT2D eigenvalue weighted by Crippen LogP contribution is 2.27. The Morgan fingerprint density at radius 2 is 1.93 bits per heavy atom. The fourth-order valence-electron chi connectivity index (χ4n) is 5.05. The molecule has 13 heteroatoms. The normalized spacial score (nSPS) is 19.1. The number of imidazole rings is 1. The van der Waals surface area contributed by atoms with E-state index in [0.29, 0.717) is 23.5 Å². The third-order valence-corrected chi connectivity index (χ3v) is 6.99. The maximum atomic E-state index is 14.8. The number of nitrogens with one attached hydrogen (secondary N) is 3. The van der Waals surface area contributed by atoms with Gasteiger partial charge in [-0.3, -0.25) is 9.59 Å². The molecular weight excluding hydrogens is 556 g/mol. The monoisotopic (exact) mass is 588 g/mol. The van der Waals surface area contributed by atoms with Gasteiger partial charge in [-0.1, -0.05) is 18.8 Å². The first-order valence-corrected chi connectivity index (χ1v) is 13.2. The predicted molar refractivity (Wildman–Crippen MR) is 150 cm³/mol. The lowest BCUT2D eigenvalue weighted by Gasteiger charge is -2.37. The molecule has 1 saturated heterocycles. The number of carbonyl (C=O) groups is 2. The Labute approximate surface area is 240 Å². The van der Waals surface area contributed by atoms with Crippen LogP contribution < -0.4 is 20.7 Å². The lowest BCUT2D eigenvalue weighted by Crippen LogP contribution is -2.56. The fourth-order valence-corrected chi connectivity index (χ4v) is 5.05. The molecule has 1 aliphatic rings. The van der Waals surface area contributed by atoms with Crippen molar-refractivity contribution in [2.24, 2.45) is 5.92 Å². The number of alkyl halides is 4.